The van der Waals surface area contributed by atoms with Gasteiger partial charge >= 0.3 is 6.18 Å². The Kier molecular flexibility index (Phi) is 7.39. The van der Waals surface area contributed by atoms with Crippen LogP contribution in [-0.4, -0.2) is 38.0 Å². The minimum atomic E-state index is -4.70. The van der Waals surface area contributed by atoms with E-state index in [1.165, 1.54) is 46.5 Å². The standard InChI is InChI=1S/C19H18F3N3O4S/c1-10-5-13(19(20,21)22)12(8-23)18(24-10)30-9-16(26)25-11-6-14(27-2)17(29-4)15(7-11)28-3/h5-7H,9H2,1-4H3,(H,25,26). The van der Waals surface area contributed by atoms with E-state index in [2.05, 4.69) is 10.3 Å². The molecule has 7 nitrogen and oxygen atoms in total. The Morgan fingerprint density at radius 1 is 1.17 bits per heavy atom. The van der Waals surface area contributed by atoms with Gasteiger partial charge < -0.3 is 19.5 Å². The van der Waals surface area contributed by atoms with Crippen LogP contribution in [0, 0.1) is 18.3 Å². The zero-order valence-corrected chi connectivity index (χ0v) is 17.3. The molecule has 2 aromatic rings. The zero-order chi connectivity index (χ0) is 22.5. The number of ether oxygens (including phenoxy) is 3. The third kappa shape index (κ3) is 5.27. The third-order valence-corrected chi connectivity index (χ3v) is 4.80. The molecule has 0 bridgehead atoms. The first kappa shape index (κ1) is 23.2. The number of benzene rings is 1. The average Bonchev–Trinajstić information content (AvgIpc) is 2.70. The van der Waals surface area contributed by atoms with Crippen molar-refractivity contribution in [3.63, 3.8) is 0 Å². The number of aromatic nitrogens is 1. The van der Waals surface area contributed by atoms with Crippen LogP contribution in [0.3, 0.4) is 0 Å². The summed E-state index contributed by atoms with van der Waals surface area (Å²) in [5, 5.41) is 11.6. The van der Waals surface area contributed by atoms with Crippen molar-refractivity contribution in [1.82, 2.24) is 4.98 Å². The smallest absolute Gasteiger partial charge is 0.417 e. The second-order valence-corrected chi connectivity index (χ2v) is 6.82. The number of methoxy groups -OCH3 is 3. The maximum Gasteiger partial charge on any atom is 0.417 e. The van der Waals surface area contributed by atoms with Crippen LogP contribution in [0.5, 0.6) is 17.2 Å². The number of hydrogen-bond acceptors (Lipinski definition) is 7. The molecule has 0 unspecified atom stereocenters. The van der Waals surface area contributed by atoms with Crippen LogP contribution in [0.25, 0.3) is 0 Å². The lowest BCUT2D eigenvalue weighted by Gasteiger charge is -2.15. The minimum Gasteiger partial charge on any atom is -0.493 e. The van der Waals surface area contributed by atoms with Gasteiger partial charge in [0, 0.05) is 23.5 Å². The van der Waals surface area contributed by atoms with Gasteiger partial charge in [-0.15, -0.1) is 0 Å². The molecule has 0 saturated carbocycles. The van der Waals surface area contributed by atoms with Gasteiger partial charge in [-0.2, -0.15) is 18.4 Å². The third-order valence-electron chi connectivity index (χ3n) is 3.82. The molecule has 1 N–H and O–H groups in total. The highest BCUT2D eigenvalue weighted by Gasteiger charge is 2.35. The molecule has 11 heteroatoms. The number of anilines is 1. The quantitative estimate of drug-likeness (QED) is 0.648. The minimum absolute atomic E-state index is 0.0915. The molecule has 0 atom stereocenters. The average molecular weight is 441 g/mol. The van der Waals surface area contributed by atoms with E-state index in [1.807, 2.05) is 0 Å². The van der Waals surface area contributed by atoms with Crippen LogP contribution >= 0.6 is 11.8 Å². The number of hydrogen-bond donors (Lipinski definition) is 1. The number of nitrogens with zero attached hydrogens (tertiary/aromatic N) is 2. The topological polar surface area (TPSA) is 93.5 Å². The van der Waals surface area contributed by atoms with Crippen LogP contribution < -0.4 is 19.5 Å². The van der Waals surface area contributed by atoms with Crippen molar-refractivity contribution in [2.24, 2.45) is 0 Å². The maximum absolute atomic E-state index is 13.2. The fourth-order valence-corrected chi connectivity index (χ4v) is 3.41. The summed E-state index contributed by atoms with van der Waals surface area (Å²) >= 11 is 0.738. The van der Waals surface area contributed by atoms with Gasteiger partial charge in [0.05, 0.1) is 38.2 Å². The predicted octanol–water partition coefficient (Wildman–Crippen LogP) is 4.04. The molecule has 160 valence electrons. The molecule has 1 aromatic carbocycles. The first-order valence-electron chi connectivity index (χ1n) is 8.36. The number of carbonyl (C=O) groups is 1. The predicted molar refractivity (Wildman–Crippen MR) is 104 cm³/mol. The van der Waals surface area contributed by atoms with Crippen molar-refractivity contribution in [3.8, 4) is 23.3 Å². The van der Waals surface area contributed by atoms with E-state index in [-0.39, 0.29) is 16.5 Å². The summed E-state index contributed by atoms with van der Waals surface area (Å²) in [5.41, 5.74) is -1.26. The highest BCUT2D eigenvalue weighted by atomic mass is 32.2. The lowest BCUT2D eigenvalue weighted by Crippen LogP contribution is -2.15. The highest BCUT2D eigenvalue weighted by Crippen LogP contribution is 2.40. The number of nitrogens with one attached hydrogen (secondary N) is 1. The van der Waals surface area contributed by atoms with E-state index in [4.69, 9.17) is 14.2 Å². The molecule has 1 amide bonds. The number of carbonyl (C=O) groups excluding carboxylic acids is 1. The Bertz CT molecular complexity index is 965. The summed E-state index contributed by atoms with van der Waals surface area (Å²) < 4.78 is 55.2. The molecule has 1 heterocycles. The van der Waals surface area contributed by atoms with Crippen molar-refractivity contribution >= 4 is 23.4 Å². The summed E-state index contributed by atoms with van der Waals surface area (Å²) in [6, 6.07) is 5.36. The second kappa shape index (κ2) is 9.58. The molecule has 30 heavy (non-hydrogen) atoms. The molecule has 2 rings (SSSR count). The largest absolute Gasteiger partial charge is 0.493 e. The number of thioether (sulfide) groups is 1. The van der Waals surface area contributed by atoms with Crippen molar-refractivity contribution in [2.75, 3.05) is 32.4 Å². The van der Waals surface area contributed by atoms with Crippen LogP contribution in [0.15, 0.2) is 23.2 Å². The second-order valence-electron chi connectivity index (χ2n) is 5.85. The van der Waals surface area contributed by atoms with E-state index < -0.39 is 23.2 Å². The SMILES string of the molecule is COc1cc(NC(=O)CSc2nc(C)cc(C(F)(F)F)c2C#N)cc(OC)c1OC. The molecule has 0 radical (unpaired) electrons. The summed E-state index contributed by atoms with van der Waals surface area (Å²) in [7, 11) is 4.28. The number of amides is 1. The Morgan fingerprint density at radius 2 is 1.77 bits per heavy atom. The monoisotopic (exact) mass is 441 g/mol. The van der Waals surface area contributed by atoms with Crippen molar-refractivity contribution < 1.29 is 32.2 Å². The van der Waals surface area contributed by atoms with Gasteiger partial charge in [-0.3, -0.25) is 4.79 Å². The van der Waals surface area contributed by atoms with E-state index in [0.29, 0.717) is 22.9 Å². The van der Waals surface area contributed by atoms with Gasteiger partial charge in [-0.05, 0) is 13.0 Å². The van der Waals surface area contributed by atoms with Crippen LogP contribution in [0.2, 0.25) is 0 Å². The van der Waals surface area contributed by atoms with Gasteiger partial charge in [0.1, 0.15) is 11.1 Å². The first-order chi connectivity index (χ1) is 14.1. The zero-order valence-electron chi connectivity index (χ0n) is 16.5. The Morgan fingerprint density at radius 3 is 2.23 bits per heavy atom. The van der Waals surface area contributed by atoms with Crippen molar-refractivity contribution in [1.29, 1.82) is 5.26 Å². The number of rotatable bonds is 7. The van der Waals surface area contributed by atoms with Crippen LogP contribution in [-0.2, 0) is 11.0 Å². The molecule has 0 spiro atoms. The van der Waals surface area contributed by atoms with E-state index in [1.54, 1.807) is 0 Å². The first-order valence-corrected chi connectivity index (χ1v) is 9.34. The number of pyridine rings is 1. The van der Waals surface area contributed by atoms with Gasteiger partial charge in [0.2, 0.25) is 11.7 Å². The Hall–Kier alpha value is -3.13. The number of alkyl halides is 3. The van der Waals surface area contributed by atoms with Gasteiger partial charge in [-0.1, -0.05) is 11.8 Å². The lowest BCUT2D eigenvalue weighted by atomic mass is 10.1. The number of aryl methyl sites for hydroxylation is 1. The fraction of sp³-hybridized carbons (Fsp3) is 0.316. The van der Waals surface area contributed by atoms with Gasteiger partial charge in [0.25, 0.3) is 0 Å². The lowest BCUT2D eigenvalue weighted by molar-refractivity contribution is -0.138. The molecule has 0 aliphatic rings. The molecule has 0 aliphatic heterocycles. The molecular formula is C19H18F3N3O4S. The summed E-state index contributed by atoms with van der Waals surface area (Å²) in [6.07, 6.45) is -4.70. The number of halogens is 3. The molecule has 1 aromatic heterocycles. The van der Waals surface area contributed by atoms with Gasteiger partial charge in [0.15, 0.2) is 11.5 Å². The van der Waals surface area contributed by atoms with E-state index in [0.717, 1.165) is 17.8 Å². The van der Waals surface area contributed by atoms with E-state index >= 15 is 0 Å². The Labute approximate surface area is 175 Å². The van der Waals surface area contributed by atoms with Crippen LogP contribution in [0.1, 0.15) is 16.8 Å². The molecule has 0 aliphatic carbocycles. The normalized spacial score (nSPS) is 10.9. The molecule has 0 fully saturated rings. The maximum atomic E-state index is 13.2. The van der Waals surface area contributed by atoms with E-state index in [9.17, 15) is 23.2 Å². The Balaban J connectivity index is 2.22. The summed E-state index contributed by atoms with van der Waals surface area (Å²) in [6.45, 7) is 1.39. The number of nitriles is 1. The van der Waals surface area contributed by atoms with Crippen LogP contribution in [0.4, 0.5) is 18.9 Å². The molecule has 0 saturated heterocycles. The molecular weight excluding hydrogens is 423 g/mol. The summed E-state index contributed by atoms with van der Waals surface area (Å²) in [4.78, 5) is 16.3. The van der Waals surface area contributed by atoms with Crippen molar-refractivity contribution in [3.05, 3.63) is 35.0 Å². The van der Waals surface area contributed by atoms with Gasteiger partial charge in [-0.25, -0.2) is 4.98 Å². The fourth-order valence-electron chi connectivity index (χ4n) is 2.56. The highest BCUT2D eigenvalue weighted by molar-refractivity contribution is 8.00. The summed E-state index contributed by atoms with van der Waals surface area (Å²) in [5.74, 6) is 0.201. The van der Waals surface area contributed by atoms with Crippen molar-refractivity contribution in [2.45, 2.75) is 18.1 Å².